The number of carboxylic acid groups (broad SMARTS) is 1. The third kappa shape index (κ3) is 2.09. The van der Waals surface area contributed by atoms with Gasteiger partial charge < -0.3 is 5.11 Å². The Balaban J connectivity index is 2.40. The van der Waals surface area contributed by atoms with Crippen LogP contribution in [-0.2, 0) is 6.42 Å². The Bertz CT molecular complexity index is 522. The minimum absolute atomic E-state index is 0.234. The third-order valence-electron chi connectivity index (χ3n) is 2.14. The van der Waals surface area contributed by atoms with Gasteiger partial charge in [0.2, 0.25) is 0 Å². The van der Waals surface area contributed by atoms with E-state index in [1.54, 1.807) is 6.07 Å². The predicted octanol–water partition coefficient (Wildman–Crippen LogP) is 2.47. The van der Waals surface area contributed by atoms with Crippen molar-refractivity contribution in [1.82, 2.24) is 9.97 Å². The van der Waals surface area contributed by atoms with E-state index in [9.17, 15) is 4.79 Å². The maximum Gasteiger partial charge on any atom is 0.335 e. The lowest BCUT2D eigenvalue weighted by molar-refractivity contribution is 0.0697. The van der Waals surface area contributed by atoms with Crippen molar-refractivity contribution in [3.8, 4) is 10.7 Å². The van der Waals surface area contributed by atoms with Crippen molar-refractivity contribution < 1.29 is 9.90 Å². The van der Waals surface area contributed by atoms with Crippen LogP contribution < -0.4 is 0 Å². The van der Waals surface area contributed by atoms with Gasteiger partial charge >= 0.3 is 5.97 Å². The predicted molar refractivity (Wildman–Crippen MR) is 61.7 cm³/mol. The van der Waals surface area contributed by atoms with Crippen LogP contribution in [0.5, 0.6) is 0 Å². The maximum atomic E-state index is 10.8. The van der Waals surface area contributed by atoms with E-state index < -0.39 is 5.97 Å². The number of aromatic nitrogens is 2. The molecule has 2 rings (SSSR count). The van der Waals surface area contributed by atoms with Gasteiger partial charge in [-0.25, -0.2) is 9.78 Å². The Labute approximate surface area is 96.6 Å². The number of carbonyl (C=O) groups is 1. The highest BCUT2D eigenvalue weighted by Gasteiger charge is 2.08. The summed E-state index contributed by atoms with van der Waals surface area (Å²) in [6, 6.07) is 3.01. The SMILES string of the molecule is CCc1csc(-c2cc(C(=O)O)ccn2)n1. The first kappa shape index (κ1) is 10.8. The molecule has 0 radical (unpaired) electrons. The molecule has 0 atom stereocenters. The van der Waals surface area contributed by atoms with Gasteiger partial charge in [-0.2, -0.15) is 0 Å². The molecule has 0 fully saturated rings. The van der Waals surface area contributed by atoms with Gasteiger partial charge in [0.25, 0.3) is 0 Å². The molecule has 0 aliphatic rings. The van der Waals surface area contributed by atoms with Crippen LogP contribution in [0.4, 0.5) is 0 Å². The Kier molecular flexibility index (Phi) is 2.96. The molecule has 5 heteroatoms. The van der Waals surface area contributed by atoms with E-state index >= 15 is 0 Å². The molecule has 82 valence electrons. The highest BCUT2D eigenvalue weighted by Crippen LogP contribution is 2.22. The standard InChI is InChI=1S/C11H10N2O2S/c1-2-8-6-16-10(13-8)9-5-7(11(14)15)3-4-12-9/h3-6H,2H2,1H3,(H,14,15). The molecule has 0 aliphatic heterocycles. The van der Waals surface area contributed by atoms with E-state index in [0.717, 1.165) is 17.1 Å². The van der Waals surface area contributed by atoms with Crippen molar-refractivity contribution in [2.75, 3.05) is 0 Å². The molecule has 16 heavy (non-hydrogen) atoms. The van der Waals surface area contributed by atoms with Crippen molar-refractivity contribution in [2.24, 2.45) is 0 Å². The van der Waals surface area contributed by atoms with Gasteiger partial charge in [-0.15, -0.1) is 11.3 Å². The number of rotatable bonds is 3. The molecular formula is C11H10N2O2S. The summed E-state index contributed by atoms with van der Waals surface area (Å²) in [5.41, 5.74) is 1.85. The Hall–Kier alpha value is -1.75. The zero-order valence-corrected chi connectivity index (χ0v) is 9.49. The normalized spacial score (nSPS) is 10.3. The highest BCUT2D eigenvalue weighted by atomic mass is 32.1. The molecule has 0 bridgehead atoms. The lowest BCUT2D eigenvalue weighted by Gasteiger charge is -1.97. The molecule has 0 saturated heterocycles. The van der Waals surface area contributed by atoms with E-state index in [4.69, 9.17) is 5.11 Å². The van der Waals surface area contributed by atoms with Crippen LogP contribution in [0, 0.1) is 0 Å². The fourth-order valence-corrected chi connectivity index (χ4v) is 2.14. The molecule has 2 aromatic rings. The van der Waals surface area contributed by atoms with Crippen molar-refractivity contribution in [1.29, 1.82) is 0 Å². The fraction of sp³-hybridized carbons (Fsp3) is 0.182. The number of hydrogen-bond acceptors (Lipinski definition) is 4. The second kappa shape index (κ2) is 4.40. The Morgan fingerprint density at radius 2 is 2.38 bits per heavy atom. The Morgan fingerprint density at radius 1 is 1.56 bits per heavy atom. The molecule has 0 spiro atoms. The molecule has 0 amide bonds. The minimum Gasteiger partial charge on any atom is -0.478 e. The smallest absolute Gasteiger partial charge is 0.335 e. The molecule has 0 unspecified atom stereocenters. The van der Waals surface area contributed by atoms with Crippen molar-refractivity contribution in [3.05, 3.63) is 35.0 Å². The van der Waals surface area contributed by atoms with Crippen LogP contribution in [0.3, 0.4) is 0 Å². The quantitative estimate of drug-likeness (QED) is 0.886. The number of carboxylic acids is 1. The number of thiazole rings is 1. The highest BCUT2D eigenvalue weighted by molar-refractivity contribution is 7.13. The topological polar surface area (TPSA) is 63.1 Å². The van der Waals surface area contributed by atoms with Gasteiger partial charge in [0.05, 0.1) is 17.0 Å². The van der Waals surface area contributed by atoms with Gasteiger partial charge in [0, 0.05) is 11.6 Å². The monoisotopic (exact) mass is 234 g/mol. The minimum atomic E-state index is -0.948. The molecule has 2 heterocycles. The van der Waals surface area contributed by atoms with E-state index in [0.29, 0.717) is 5.69 Å². The second-order valence-corrected chi connectivity index (χ2v) is 4.09. The molecule has 0 aliphatic carbocycles. The van der Waals surface area contributed by atoms with Crippen LogP contribution in [-0.4, -0.2) is 21.0 Å². The largest absolute Gasteiger partial charge is 0.478 e. The van der Waals surface area contributed by atoms with Crippen molar-refractivity contribution in [3.63, 3.8) is 0 Å². The molecular weight excluding hydrogens is 224 g/mol. The molecule has 0 aromatic carbocycles. The molecule has 2 aromatic heterocycles. The summed E-state index contributed by atoms with van der Waals surface area (Å²) < 4.78 is 0. The van der Waals surface area contributed by atoms with E-state index in [1.807, 2.05) is 12.3 Å². The van der Waals surface area contributed by atoms with Crippen molar-refractivity contribution in [2.45, 2.75) is 13.3 Å². The first-order valence-corrected chi connectivity index (χ1v) is 5.72. The van der Waals surface area contributed by atoms with E-state index in [-0.39, 0.29) is 5.56 Å². The molecule has 4 nitrogen and oxygen atoms in total. The van der Waals surface area contributed by atoms with Gasteiger partial charge in [-0.05, 0) is 18.6 Å². The van der Waals surface area contributed by atoms with Crippen LogP contribution >= 0.6 is 11.3 Å². The average molecular weight is 234 g/mol. The summed E-state index contributed by atoms with van der Waals surface area (Å²) >= 11 is 1.48. The van der Waals surface area contributed by atoms with E-state index in [2.05, 4.69) is 9.97 Å². The molecule has 1 N–H and O–H groups in total. The summed E-state index contributed by atoms with van der Waals surface area (Å²) in [6.07, 6.45) is 2.36. The summed E-state index contributed by atoms with van der Waals surface area (Å²) in [5.74, 6) is -0.948. The van der Waals surface area contributed by atoms with E-state index in [1.165, 1.54) is 23.6 Å². The number of aromatic carboxylic acids is 1. The van der Waals surface area contributed by atoms with Gasteiger partial charge in [0.1, 0.15) is 5.01 Å². The first-order valence-electron chi connectivity index (χ1n) is 4.85. The first-order chi connectivity index (χ1) is 7.70. The second-order valence-electron chi connectivity index (χ2n) is 3.23. The Morgan fingerprint density at radius 3 is 3.00 bits per heavy atom. The maximum absolute atomic E-state index is 10.8. The average Bonchev–Trinajstić information content (AvgIpc) is 2.77. The number of pyridine rings is 1. The van der Waals surface area contributed by atoms with Crippen LogP contribution in [0.1, 0.15) is 23.0 Å². The lowest BCUT2D eigenvalue weighted by Crippen LogP contribution is -1.97. The molecule has 0 saturated carbocycles. The number of nitrogens with zero attached hydrogens (tertiary/aromatic N) is 2. The van der Waals surface area contributed by atoms with Crippen molar-refractivity contribution >= 4 is 17.3 Å². The lowest BCUT2D eigenvalue weighted by atomic mass is 10.2. The van der Waals surface area contributed by atoms with Gasteiger partial charge in [-0.1, -0.05) is 6.92 Å². The van der Waals surface area contributed by atoms with Crippen LogP contribution in [0.2, 0.25) is 0 Å². The van der Waals surface area contributed by atoms with Crippen LogP contribution in [0.15, 0.2) is 23.7 Å². The van der Waals surface area contributed by atoms with Crippen LogP contribution in [0.25, 0.3) is 10.7 Å². The summed E-state index contributed by atoms with van der Waals surface area (Å²) in [7, 11) is 0. The zero-order valence-electron chi connectivity index (χ0n) is 8.67. The third-order valence-corrected chi connectivity index (χ3v) is 3.05. The number of aryl methyl sites for hydroxylation is 1. The van der Waals surface area contributed by atoms with Gasteiger partial charge in [-0.3, -0.25) is 4.98 Å². The zero-order chi connectivity index (χ0) is 11.5. The fourth-order valence-electron chi connectivity index (χ4n) is 1.27. The summed E-state index contributed by atoms with van der Waals surface area (Å²) in [6.45, 7) is 2.03. The number of hydrogen-bond donors (Lipinski definition) is 1. The van der Waals surface area contributed by atoms with Gasteiger partial charge in [0.15, 0.2) is 0 Å². The summed E-state index contributed by atoms with van der Waals surface area (Å²) in [5, 5.41) is 11.6. The summed E-state index contributed by atoms with van der Waals surface area (Å²) in [4.78, 5) is 19.3.